The number of hydrogen-bond acceptors (Lipinski definition) is 6. The van der Waals surface area contributed by atoms with Crippen molar-refractivity contribution in [3.63, 3.8) is 0 Å². The Balaban J connectivity index is 3.20. The quantitative estimate of drug-likeness (QED) is 0.778. The number of anilines is 2. The molecule has 0 aliphatic carbocycles. The number of rotatable bonds is 5. The number of nitrogens with zero attached hydrogens (tertiary/aromatic N) is 1. The Morgan fingerprint density at radius 3 is 2.32 bits per heavy atom. The van der Waals surface area contributed by atoms with Gasteiger partial charge in [0.2, 0.25) is 10.0 Å². The third-order valence-corrected chi connectivity index (χ3v) is 4.00. The van der Waals surface area contributed by atoms with Crippen molar-refractivity contribution in [3.05, 3.63) is 12.1 Å². The first-order chi connectivity index (χ1) is 8.85. The largest absolute Gasteiger partial charge is 0.493 e. The molecule has 104 valence electrons. The van der Waals surface area contributed by atoms with E-state index in [4.69, 9.17) is 20.5 Å². The van der Waals surface area contributed by atoms with E-state index in [2.05, 4.69) is 4.72 Å². The van der Waals surface area contributed by atoms with Gasteiger partial charge in [0.1, 0.15) is 0 Å². The lowest BCUT2D eigenvalue weighted by molar-refractivity contribution is 0.355. The van der Waals surface area contributed by atoms with Crippen LogP contribution in [-0.4, -0.2) is 27.9 Å². The minimum Gasteiger partial charge on any atom is -0.493 e. The van der Waals surface area contributed by atoms with Crippen molar-refractivity contribution in [2.24, 2.45) is 0 Å². The highest BCUT2D eigenvalue weighted by atomic mass is 32.2. The van der Waals surface area contributed by atoms with Crippen molar-refractivity contribution in [1.29, 1.82) is 5.26 Å². The molecule has 0 amide bonds. The minimum atomic E-state index is -3.82. The minimum absolute atomic E-state index is 0.139. The molecule has 0 saturated carbocycles. The van der Waals surface area contributed by atoms with Gasteiger partial charge in [-0.3, -0.25) is 4.72 Å². The molecule has 8 heteroatoms. The molecule has 3 N–H and O–H groups in total. The van der Waals surface area contributed by atoms with Gasteiger partial charge >= 0.3 is 0 Å². The molecule has 19 heavy (non-hydrogen) atoms. The zero-order valence-electron chi connectivity index (χ0n) is 10.8. The van der Waals surface area contributed by atoms with E-state index in [0.717, 1.165) is 0 Å². The molecule has 0 saturated heterocycles. The molecule has 0 aromatic heterocycles. The van der Waals surface area contributed by atoms with Gasteiger partial charge in [-0.1, -0.05) is 0 Å². The van der Waals surface area contributed by atoms with Crippen LogP contribution in [-0.2, 0) is 10.0 Å². The average molecular weight is 285 g/mol. The van der Waals surface area contributed by atoms with E-state index in [1.54, 1.807) is 6.07 Å². The predicted octanol–water partition coefficient (Wildman–Crippen LogP) is 0.940. The molecular weight excluding hydrogens is 270 g/mol. The number of nitrogen functional groups attached to an aromatic ring is 1. The Kier molecular flexibility index (Phi) is 4.45. The summed E-state index contributed by atoms with van der Waals surface area (Å²) in [5.74, 6) is 0.718. The molecule has 1 aromatic rings. The maximum atomic E-state index is 11.8. The van der Waals surface area contributed by atoms with Crippen LogP contribution in [0.15, 0.2) is 12.1 Å². The molecule has 7 nitrogen and oxygen atoms in total. The Labute approximate surface area is 112 Å². The summed E-state index contributed by atoms with van der Waals surface area (Å²) in [5, 5.41) is 7.46. The predicted molar refractivity (Wildman–Crippen MR) is 71.6 cm³/mol. The molecular formula is C11H15N3O4S. The van der Waals surface area contributed by atoms with E-state index < -0.39 is 15.3 Å². The maximum Gasteiger partial charge on any atom is 0.248 e. The van der Waals surface area contributed by atoms with Gasteiger partial charge in [0.05, 0.1) is 31.7 Å². The molecule has 1 rings (SSSR count). The van der Waals surface area contributed by atoms with E-state index in [9.17, 15) is 8.42 Å². The summed E-state index contributed by atoms with van der Waals surface area (Å²) in [5.41, 5.74) is 6.04. The van der Waals surface area contributed by atoms with Crippen molar-refractivity contribution in [1.82, 2.24) is 0 Å². The number of benzene rings is 1. The van der Waals surface area contributed by atoms with Gasteiger partial charge in [-0.25, -0.2) is 8.42 Å². The number of nitriles is 1. The van der Waals surface area contributed by atoms with Crippen LogP contribution in [0.2, 0.25) is 0 Å². The monoisotopic (exact) mass is 285 g/mol. The topological polar surface area (TPSA) is 114 Å². The van der Waals surface area contributed by atoms with E-state index >= 15 is 0 Å². The second-order valence-electron chi connectivity index (χ2n) is 3.71. The third-order valence-electron chi connectivity index (χ3n) is 2.46. The highest BCUT2D eigenvalue weighted by Crippen LogP contribution is 2.35. The number of hydrogen-bond donors (Lipinski definition) is 2. The standard InChI is InChI=1S/C11H15N3O4S/c1-7(6-12)19(15,16)14-9-5-11(18-3)10(17-2)4-8(9)13/h4-5,7,14H,13H2,1-3H3. The zero-order valence-corrected chi connectivity index (χ0v) is 11.6. The molecule has 1 aromatic carbocycles. The molecule has 0 aliphatic rings. The van der Waals surface area contributed by atoms with Crippen molar-refractivity contribution >= 4 is 21.4 Å². The van der Waals surface area contributed by atoms with Crippen molar-refractivity contribution in [2.75, 3.05) is 24.7 Å². The highest BCUT2D eigenvalue weighted by molar-refractivity contribution is 7.93. The van der Waals surface area contributed by atoms with Crippen LogP contribution >= 0.6 is 0 Å². The first kappa shape index (κ1) is 14.9. The Bertz CT molecular complexity index is 607. The zero-order chi connectivity index (χ0) is 14.6. The Hall–Kier alpha value is -2.14. The van der Waals surface area contributed by atoms with Gasteiger partial charge in [-0.15, -0.1) is 0 Å². The highest BCUT2D eigenvalue weighted by Gasteiger charge is 2.22. The number of nitrogens with one attached hydrogen (secondary N) is 1. The normalized spacial score (nSPS) is 12.3. The van der Waals surface area contributed by atoms with Gasteiger partial charge in [-0.05, 0) is 6.92 Å². The van der Waals surface area contributed by atoms with Crippen molar-refractivity contribution in [2.45, 2.75) is 12.2 Å². The summed E-state index contributed by atoms with van der Waals surface area (Å²) >= 11 is 0. The van der Waals surface area contributed by atoms with E-state index in [1.165, 1.54) is 33.3 Å². The maximum absolute atomic E-state index is 11.8. The second-order valence-corrected chi connectivity index (χ2v) is 5.71. The van der Waals surface area contributed by atoms with Crippen LogP contribution in [0.4, 0.5) is 11.4 Å². The molecule has 0 radical (unpaired) electrons. The lowest BCUT2D eigenvalue weighted by Gasteiger charge is -2.14. The van der Waals surface area contributed by atoms with E-state index in [-0.39, 0.29) is 11.4 Å². The number of ether oxygens (including phenoxy) is 2. The summed E-state index contributed by atoms with van der Waals surface area (Å²) in [6, 6.07) is 4.49. The smallest absolute Gasteiger partial charge is 0.248 e. The van der Waals surface area contributed by atoms with Crippen LogP contribution < -0.4 is 19.9 Å². The molecule has 1 atom stereocenters. The molecule has 0 aliphatic heterocycles. The van der Waals surface area contributed by atoms with E-state index in [0.29, 0.717) is 11.5 Å². The number of sulfonamides is 1. The first-order valence-electron chi connectivity index (χ1n) is 5.28. The summed E-state index contributed by atoms with van der Waals surface area (Å²) in [7, 11) is -0.954. The fourth-order valence-electron chi connectivity index (χ4n) is 1.29. The van der Waals surface area contributed by atoms with Crippen LogP contribution in [0.25, 0.3) is 0 Å². The lowest BCUT2D eigenvalue weighted by Crippen LogP contribution is -2.24. The molecule has 1 unspecified atom stereocenters. The van der Waals surface area contributed by atoms with Crippen molar-refractivity contribution < 1.29 is 17.9 Å². The fraction of sp³-hybridized carbons (Fsp3) is 0.364. The molecule has 0 spiro atoms. The molecule has 0 bridgehead atoms. The summed E-state index contributed by atoms with van der Waals surface area (Å²) < 4.78 is 35.9. The van der Waals surface area contributed by atoms with Gasteiger partial charge < -0.3 is 15.2 Å². The van der Waals surface area contributed by atoms with Gasteiger partial charge in [0.25, 0.3) is 0 Å². The van der Waals surface area contributed by atoms with Crippen LogP contribution in [0, 0.1) is 11.3 Å². The number of nitrogens with two attached hydrogens (primary N) is 1. The van der Waals surface area contributed by atoms with Gasteiger partial charge in [0.15, 0.2) is 16.7 Å². The Morgan fingerprint density at radius 1 is 1.32 bits per heavy atom. The number of methoxy groups -OCH3 is 2. The van der Waals surface area contributed by atoms with Gasteiger partial charge in [-0.2, -0.15) is 5.26 Å². The molecule has 0 heterocycles. The average Bonchev–Trinajstić information content (AvgIpc) is 2.39. The fourth-order valence-corrected chi connectivity index (χ4v) is 2.09. The van der Waals surface area contributed by atoms with E-state index in [1.807, 2.05) is 0 Å². The lowest BCUT2D eigenvalue weighted by atomic mass is 10.2. The van der Waals surface area contributed by atoms with Crippen molar-refractivity contribution in [3.8, 4) is 17.6 Å². The van der Waals surface area contributed by atoms with Gasteiger partial charge in [0, 0.05) is 12.1 Å². The third kappa shape index (κ3) is 3.20. The van der Waals surface area contributed by atoms with Crippen LogP contribution in [0.3, 0.4) is 0 Å². The summed E-state index contributed by atoms with van der Waals surface area (Å²) in [6.07, 6.45) is 0. The summed E-state index contributed by atoms with van der Waals surface area (Å²) in [6.45, 7) is 1.28. The van der Waals surface area contributed by atoms with Crippen LogP contribution in [0.5, 0.6) is 11.5 Å². The molecule has 0 fully saturated rings. The summed E-state index contributed by atoms with van der Waals surface area (Å²) in [4.78, 5) is 0. The Morgan fingerprint density at radius 2 is 1.84 bits per heavy atom. The van der Waals surface area contributed by atoms with Crippen LogP contribution in [0.1, 0.15) is 6.92 Å². The second kappa shape index (κ2) is 5.67. The SMILES string of the molecule is COc1cc(N)c(NS(=O)(=O)C(C)C#N)cc1OC. The first-order valence-corrected chi connectivity index (χ1v) is 6.83.